The zero-order chi connectivity index (χ0) is 17.4. The van der Waals surface area contributed by atoms with Crippen molar-refractivity contribution in [2.45, 2.75) is 42.7 Å². The van der Waals surface area contributed by atoms with Crippen LogP contribution in [-0.4, -0.2) is 92.5 Å². The number of aliphatic hydroxyl groups excluding tert-OH is 5. The molecule has 1 aliphatic carbocycles. The van der Waals surface area contributed by atoms with E-state index in [1.54, 1.807) is 0 Å². The number of phosphoric acid groups is 1. The molecule has 0 bridgehead atoms. The van der Waals surface area contributed by atoms with E-state index in [4.69, 9.17) is 0 Å². The van der Waals surface area contributed by atoms with Crippen molar-refractivity contribution in [3.05, 3.63) is 0 Å². The van der Waals surface area contributed by atoms with E-state index in [1.165, 1.54) is 0 Å². The summed E-state index contributed by atoms with van der Waals surface area (Å²) in [5.41, 5.74) is 0. The Labute approximate surface area is 129 Å². The third kappa shape index (κ3) is 4.18. The highest BCUT2D eigenvalue weighted by Crippen LogP contribution is 2.47. The quantitative estimate of drug-likeness (QED) is 0.213. The van der Waals surface area contributed by atoms with Gasteiger partial charge in [0.2, 0.25) is 0 Å². The zero-order valence-corrected chi connectivity index (χ0v) is 12.4. The second kappa shape index (κ2) is 6.97. The van der Waals surface area contributed by atoms with E-state index in [0.717, 1.165) is 0 Å². The standard InChI is InChI=1S/C10H17O12P/c11-4-5(12)7(14)9(8(15)6(4)13)22-23(17,18)20-2-3-1-19-10(16)21-3/h3-9,11-15H,1-2H2,(H,17,18). The van der Waals surface area contributed by atoms with Crippen LogP contribution in [0.5, 0.6) is 0 Å². The van der Waals surface area contributed by atoms with Gasteiger partial charge in [0.05, 0.1) is 6.61 Å². The van der Waals surface area contributed by atoms with E-state index in [2.05, 4.69) is 18.5 Å². The van der Waals surface area contributed by atoms with Gasteiger partial charge in [0.15, 0.2) is 6.10 Å². The number of carbonyl (C=O) groups is 1. The van der Waals surface area contributed by atoms with E-state index in [1.807, 2.05) is 0 Å². The number of hydrogen-bond acceptors (Lipinski definition) is 11. The summed E-state index contributed by atoms with van der Waals surface area (Å²) in [7, 11) is -4.85. The predicted octanol–water partition coefficient (Wildman–Crippen LogP) is -3.16. The van der Waals surface area contributed by atoms with Gasteiger partial charge in [-0.1, -0.05) is 0 Å². The summed E-state index contributed by atoms with van der Waals surface area (Å²) in [6.45, 7) is -0.761. The summed E-state index contributed by atoms with van der Waals surface area (Å²) in [5, 5.41) is 47.7. The number of ether oxygens (including phenoxy) is 2. The van der Waals surface area contributed by atoms with E-state index >= 15 is 0 Å². The van der Waals surface area contributed by atoms with Gasteiger partial charge in [0.1, 0.15) is 43.2 Å². The summed E-state index contributed by atoms with van der Waals surface area (Å²) in [5.74, 6) is 0. The lowest BCUT2D eigenvalue weighted by Crippen LogP contribution is -2.64. The molecule has 134 valence electrons. The van der Waals surface area contributed by atoms with E-state index in [-0.39, 0.29) is 6.61 Å². The molecule has 6 atom stereocenters. The van der Waals surface area contributed by atoms with E-state index < -0.39 is 63.3 Å². The predicted molar refractivity (Wildman–Crippen MR) is 66.9 cm³/mol. The molecule has 0 aromatic heterocycles. The van der Waals surface area contributed by atoms with Crippen LogP contribution < -0.4 is 0 Å². The average molecular weight is 360 g/mol. The van der Waals surface area contributed by atoms with E-state index in [0.29, 0.717) is 0 Å². The van der Waals surface area contributed by atoms with Crippen LogP contribution in [0.1, 0.15) is 0 Å². The first-order valence-corrected chi connectivity index (χ1v) is 8.01. The van der Waals surface area contributed by atoms with Crippen molar-refractivity contribution < 1.29 is 58.3 Å². The number of carbonyl (C=O) groups excluding carboxylic acids is 1. The highest BCUT2D eigenvalue weighted by Gasteiger charge is 2.51. The fraction of sp³-hybridized carbons (Fsp3) is 0.900. The zero-order valence-electron chi connectivity index (χ0n) is 11.5. The maximum absolute atomic E-state index is 11.8. The molecule has 2 aliphatic rings. The minimum atomic E-state index is -4.85. The van der Waals surface area contributed by atoms with Crippen LogP contribution in [-0.2, 0) is 23.1 Å². The monoisotopic (exact) mass is 360 g/mol. The number of cyclic esters (lactones) is 2. The molecule has 13 heteroatoms. The molecule has 6 unspecified atom stereocenters. The number of hydrogen-bond donors (Lipinski definition) is 6. The van der Waals surface area contributed by atoms with Gasteiger partial charge >= 0.3 is 14.0 Å². The average Bonchev–Trinajstić information content (AvgIpc) is 2.91. The Morgan fingerprint density at radius 1 is 1.04 bits per heavy atom. The fourth-order valence-corrected chi connectivity index (χ4v) is 3.10. The second-order valence-electron chi connectivity index (χ2n) is 5.09. The molecule has 1 saturated carbocycles. The normalized spacial score (nSPS) is 43.6. The van der Waals surface area contributed by atoms with Gasteiger partial charge in [-0.2, -0.15) is 0 Å². The number of phosphoric ester groups is 1. The van der Waals surface area contributed by atoms with Gasteiger partial charge in [-0.3, -0.25) is 9.05 Å². The van der Waals surface area contributed by atoms with Gasteiger partial charge < -0.3 is 39.9 Å². The summed E-state index contributed by atoms with van der Waals surface area (Å²) >= 11 is 0. The molecule has 1 saturated heterocycles. The third-order valence-electron chi connectivity index (χ3n) is 3.40. The first-order valence-electron chi connectivity index (χ1n) is 6.52. The third-order valence-corrected chi connectivity index (χ3v) is 4.39. The lowest BCUT2D eigenvalue weighted by Gasteiger charge is -2.41. The second-order valence-corrected chi connectivity index (χ2v) is 6.49. The maximum Gasteiger partial charge on any atom is 0.508 e. The van der Waals surface area contributed by atoms with Crippen LogP contribution in [0.2, 0.25) is 0 Å². The van der Waals surface area contributed by atoms with Gasteiger partial charge in [0.25, 0.3) is 0 Å². The molecule has 0 radical (unpaired) electrons. The first kappa shape index (κ1) is 18.5. The molecule has 23 heavy (non-hydrogen) atoms. The van der Waals surface area contributed by atoms with Crippen molar-refractivity contribution in [3.63, 3.8) is 0 Å². The maximum atomic E-state index is 11.8. The Hall–Kier alpha value is -0.820. The lowest BCUT2D eigenvalue weighted by molar-refractivity contribution is -0.220. The molecule has 0 amide bonds. The summed E-state index contributed by atoms with van der Waals surface area (Å²) in [6, 6.07) is 0. The van der Waals surface area contributed by atoms with Gasteiger partial charge in [-0.15, -0.1) is 0 Å². The molecular weight excluding hydrogens is 343 g/mol. The molecular formula is C10H17O12P. The van der Waals surface area contributed by atoms with Crippen molar-refractivity contribution in [1.82, 2.24) is 0 Å². The van der Waals surface area contributed by atoms with Crippen molar-refractivity contribution in [2.24, 2.45) is 0 Å². The highest BCUT2D eigenvalue weighted by molar-refractivity contribution is 7.47. The van der Waals surface area contributed by atoms with Crippen LogP contribution in [0.3, 0.4) is 0 Å². The van der Waals surface area contributed by atoms with E-state index in [9.17, 15) is 39.8 Å². The van der Waals surface area contributed by atoms with Crippen molar-refractivity contribution in [1.29, 1.82) is 0 Å². The number of rotatable bonds is 5. The van der Waals surface area contributed by atoms with Gasteiger partial charge in [-0.05, 0) is 0 Å². The summed E-state index contributed by atoms with van der Waals surface area (Å²) in [4.78, 5) is 20.2. The Bertz CT molecular complexity index is 468. The topological polar surface area (TPSA) is 192 Å². The van der Waals surface area contributed by atoms with Crippen LogP contribution in [0.15, 0.2) is 0 Å². The van der Waals surface area contributed by atoms with Crippen molar-refractivity contribution in [2.75, 3.05) is 13.2 Å². The molecule has 6 N–H and O–H groups in total. The van der Waals surface area contributed by atoms with Crippen molar-refractivity contribution >= 4 is 14.0 Å². The molecule has 0 aromatic rings. The van der Waals surface area contributed by atoms with Crippen LogP contribution in [0.25, 0.3) is 0 Å². The molecule has 0 aromatic carbocycles. The summed E-state index contributed by atoms with van der Waals surface area (Å²) < 4.78 is 29.9. The smallest absolute Gasteiger partial charge is 0.430 e. The first-order chi connectivity index (χ1) is 10.6. The molecule has 0 spiro atoms. The van der Waals surface area contributed by atoms with Gasteiger partial charge in [0, 0.05) is 0 Å². The highest BCUT2D eigenvalue weighted by atomic mass is 31.2. The van der Waals surface area contributed by atoms with Crippen LogP contribution >= 0.6 is 7.82 Å². The number of aliphatic hydroxyl groups is 5. The Balaban J connectivity index is 1.95. The van der Waals surface area contributed by atoms with Crippen LogP contribution in [0, 0.1) is 0 Å². The Morgan fingerprint density at radius 3 is 2.04 bits per heavy atom. The molecule has 12 nitrogen and oxygen atoms in total. The minimum Gasteiger partial charge on any atom is -0.430 e. The SMILES string of the molecule is O=C1OCC(COP(=O)(O)OC2C(O)C(O)C(O)C(O)C2O)O1. The lowest BCUT2D eigenvalue weighted by atomic mass is 9.85. The minimum absolute atomic E-state index is 0.197. The van der Waals surface area contributed by atoms with Gasteiger partial charge in [-0.25, -0.2) is 9.36 Å². The molecule has 2 rings (SSSR count). The molecule has 1 aliphatic heterocycles. The Morgan fingerprint density at radius 2 is 1.57 bits per heavy atom. The van der Waals surface area contributed by atoms with Crippen molar-refractivity contribution in [3.8, 4) is 0 Å². The summed E-state index contributed by atoms with van der Waals surface area (Å²) in [6.07, 6.45) is -13.4. The molecule has 2 fully saturated rings. The Kier molecular flexibility index (Phi) is 5.61. The fourth-order valence-electron chi connectivity index (χ4n) is 2.13. The molecule has 1 heterocycles. The largest absolute Gasteiger partial charge is 0.508 e. The van der Waals surface area contributed by atoms with Crippen LogP contribution in [0.4, 0.5) is 4.79 Å².